The second kappa shape index (κ2) is 4.42. The molecule has 0 aromatic heterocycles. The van der Waals surface area contributed by atoms with Gasteiger partial charge in [-0.05, 0) is 0 Å². The summed E-state index contributed by atoms with van der Waals surface area (Å²) in [5, 5.41) is 5.88. The summed E-state index contributed by atoms with van der Waals surface area (Å²) in [6.45, 7) is 4.13. The third-order valence-corrected chi connectivity index (χ3v) is 2.21. The highest BCUT2D eigenvalue weighted by molar-refractivity contribution is 5.78. The van der Waals surface area contributed by atoms with Crippen LogP contribution in [0.3, 0.4) is 0 Å². The number of carbonyl (C=O) groups is 1. The van der Waals surface area contributed by atoms with Crippen LogP contribution >= 0.6 is 0 Å². The van der Waals surface area contributed by atoms with Crippen molar-refractivity contribution in [1.82, 2.24) is 10.6 Å². The van der Waals surface area contributed by atoms with Gasteiger partial charge in [0.05, 0.1) is 19.1 Å². The van der Waals surface area contributed by atoms with E-state index in [-0.39, 0.29) is 17.9 Å². The lowest BCUT2D eigenvalue weighted by Crippen LogP contribution is -2.49. The molecule has 12 heavy (non-hydrogen) atoms. The van der Waals surface area contributed by atoms with Gasteiger partial charge in [0.25, 0.3) is 0 Å². The van der Waals surface area contributed by atoms with Crippen molar-refractivity contribution < 1.29 is 9.53 Å². The Morgan fingerprint density at radius 3 is 3.00 bits per heavy atom. The van der Waals surface area contributed by atoms with Crippen LogP contribution in [0.1, 0.15) is 6.92 Å². The van der Waals surface area contributed by atoms with Gasteiger partial charge in [-0.25, -0.2) is 0 Å². The fraction of sp³-hybridized carbons (Fsp3) is 0.875. The Hall–Kier alpha value is -0.610. The van der Waals surface area contributed by atoms with Crippen LogP contribution in [0.4, 0.5) is 0 Å². The second-order valence-corrected chi connectivity index (χ2v) is 3.04. The van der Waals surface area contributed by atoms with Crippen molar-refractivity contribution in [3.05, 3.63) is 0 Å². The highest BCUT2D eigenvalue weighted by Crippen LogP contribution is 2.06. The molecule has 1 aliphatic rings. The number of nitrogens with one attached hydrogen (secondary N) is 2. The van der Waals surface area contributed by atoms with Crippen molar-refractivity contribution in [2.75, 3.05) is 26.8 Å². The molecule has 1 heterocycles. The molecule has 1 aliphatic heterocycles. The van der Waals surface area contributed by atoms with Crippen molar-refractivity contribution in [2.24, 2.45) is 5.92 Å². The van der Waals surface area contributed by atoms with E-state index in [0.29, 0.717) is 6.61 Å². The predicted molar refractivity (Wildman–Crippen MR) is 45.8 cm³/mol. The van der Waals surface area contributed by atoms with Gasteiger partial charge in [-0.15, -0.1) is 0 Å². The van der Waals surface area contributed by atoms with Gasteiger partial charge in [0.2, 0.25) is 5.91 Å². The van der Waals surface area contributed by atoms with Gasteiger partial charge in [-0.1, -0.05) is 6.92 Å². The lowest BCUT2D eigenvalue weighted by Gasteiger charge is -2.27. The first-order valence-electron chi connectivity index (χ1n) is 4.28. The molecule has 0 aliphatic carbocycles. The molecular formula is C8H16N2O2. The first-order valence-corrected chi connectivity index (χ1v) is 4.28. The van der Waals surface area contributed by atoms with Crippen LogP contribution in [-0.4, -0.2) is 38.8 Å². The maximum absolute atomic E-state index is 11.2. The lowest BCUT2D eigenvalue weighted by atomic mass is 10.0. The molecule has 2 atom stereocenters. The zero-order valence-corrected chi connectivity index (χ0v) is 7.59. The highest BCUT2D eigenvalue weighted by Gasteiger charge is 2.24. The molecule has 0 saturated carbocycles. The predicted octanol–water partition coefficient (Wildman–Crippen LogP) is -0.643. The molecule has 0 aromatic carbocycles. The third-order valence-electron chi connectivity index (χ3n) is 2.21. The van der Waals surface area contributed by atoms with E-state index in [1.165, 1.54) is 0 Å². The maximum Gasteiger partial charge on any atom is 0.224 e. The standard InChI is InChI=1S/C8H16N2O2/c1-6(8(11)9-2)7-5-12-4-3-10-7/h6-7,10H,3-5H2,1-2H3,(H,9,11). The van der Waals surface area contributed by atoms with Crippen molar-refractivity contribution in [2.45, 2.75) is 13.0 Å². The van der Waals surface area contributed by atoms with Gasteiger partial charge in [0.1, 0.15) is 0 Å². The Morgan fingerprint density at radius 1 is 1.75 bits per heavy atom. The molecule has 2 N–H and O–H groups in total. The molecule has 1 fully saturated rings. The van der Waals surface area contributed by atoms with Crippen LogP contribution in [-0.2, 0) is 9.53 Å². The maximum atomic E-state index is 11.2. The summed E-state index contributed by atoms with van der Waals surface area (Å²) in [6.07, 6.45) is 0. The van der Waals surface area contributed by atoms with Crippen LogP contribution in [0.5, 0.6) is 0 Å². The summed E-state index contributed by atoms with van der Waals surface area (Å²) in [6, 6.07) is 0.165. The molecule has 0 spiro atoms. The largest absolute Gasteiger partial charge is 0.378 e. The Kier molecular flexibility index (Phi) is 3.49. The number of ether oxygens (including phenoxy) is 1. The molecule has 70 valence electrons. The minimum absolute atomic E-state index is 0.0182. The Bertz CT molecular complexity index is 155. The van der Waals surface area contributed by atoms with Crippen LogP contribution in [0.15, 0.2) is 0 Å². The zero-order chi connectivity index (χ0) is 8.97. The average Bonchev–Trinajstić information content (AvgIpc) is 2.17. The Morgan fingerprint density at radius 2 is 2.50 bits per heavy atom. The smallest absolute Gasteiger partial charge is 0.224 e. The minimum Gasteiger partial charge on any atom is -0.378 e. The Balaban J connectivity index is 2.39. The number of hydrogen-bond donors (Lipinski definition) is 2. The summed E-state index contributed by atoms with van der Waals surface area (Å²) >= 11 is 0. The average molecular weight is 172 g/mol. The summed E-state index contributed by atoms with van der Waals surface area (Å²) in [5.74, 6) is 0.0494. The van der Waals surface area contributed by atoms with Gasteiger partial charge in [0, 0.05) is 19.6 Å². The zero-order valence-electron chi connectivity index (χ0n) is 7.59. The van der Waals surface area contributed by atoms with Crippen LogP contribution < -0.4 is 10.6 Å². The van der Waals surface area contributed by atoms with Crippen molar-refractivity contribution >= 4 is 5.91 Å². The number of rotatable bonds is 2. The molecule has 1 rings (SSSR count). The van der Waals surface area contributed by atoms with Gasteiger partial charge >= 0.3 is 0 Å². The minimum atomic E-state index is -0.0182. The lowest BCUT2D eigenvalue weighted by molar-refractivity contribution is -0.126. The summed E-state index contributed by atoms with van der Waals surface area (Å²) in [7, 11) is 1.66. The number of carbonyl (C=O) groups excluding carboxylic acids is 1. The second-order valence-electron chi connectivity index (χ2n) is 3.04. The fourth-order valence-electron chi connectivity index (χ4n) is 1.32. The number of hydrogen-bond acceptors (Lipinski definition) is 3. The van der Waals surface area contributed by atoms with E-state index in [1.54, 1.807) is 7.05 Å². The monoisotopic (exact) mass is 172 g/mol. The van der Waals surface area contributed by atoms with Crippen molar-refractivity contribution in [3.8, 4) is 0 Å². The van der Waals surface area contributed by atoms with Crippen molar-refractivity contribution in [1.29, 1.82) is 0 Å². The molecule has 0 bridgehead atoms. The fourth-order valence-corrected chi connectivity index (χ4v) is 1.32. The molecule has 1 saturated heterocycles. The van der Waals surface area contributed by atoms with Crippen LogP contribution in [0.25, 0.3) is 0 Å². The van der Waals surface area contributed by atoms with Crippen LogP contribution in [0.2, 0.25) is 0 Å². The summed E-state index contributed by atoms with van der Waals surface area (Å²) < 4.78 is 5.26. The van der Waals surface area contributed by atoms with Gasteiger partial charge in [-0.2, -0.15) is 0 Å². The van der Waals surface area contributed by atoms with E-state index in [1.807, 2.05) is 6.92 Å². The molecule has 1 amide bonds. The van der Waals surface area contributed by atoms with E-state index in [4.69, 9.17) is 4.74 Å². The van der Waals surface area contributed by atoms with E-state index in [0.717, 1.165) is 13.2 Å². The molecule has 4 heteroatoms. The quantitative estimate of drug-likeness (QED) is 0.582. The highest BCUT2D eigenvalue weighted by atomic mass is 16.5. The molecule has 4 nitrogen and oxygen atoms in total. The van der Waals surface area contributed by atoms with Gasteiger partial charge in [0.15, 0.2) is 0 Å². The normalized spacial score (nSPS) is 26.3. The SMILES string of the molecule is CNC(=O)C(C)C1COCCN1. The molecule has 2 unspecified atom stereocenters. The van der Waals surface area contributed by atoms with E-state index in [2.05, 4.69) is 10.6 Å². The van der Waals surface area contributed by atoms with Crippen molar-refractivity contribution in [3.63, 3.8) is 0 Å². The number of morpholine rings is 1. The first kappa shape index (κ1) is 9.48. The van der Waals surface area contributed by atoms with Gasteiger partial charge in [-0.3, -0.25) is 4.79 Å². The van der Waals surface area contributed by atoms with Gasteiger partial charge < -0.3 is 15.4 Å². The Labute approximate surface area is 72.7 Å². The molecule has 0 radical (unpaired) electrons. The van der Waals surface area contributed by atoms with E-state index < -0.39 is 0 Å². The van der Waals surface area contributed by atoms with Crippen LogP contribution in [0, 0.1) is 5.92 Å². The van der Waals surface area contributed by atoms with E-state index >= 15 is 0 Å². The topological polar surface area (TPSA) is 50.4 Å². The summed E-state index contributed by atoms with van der Waals surface area (Å²) in [4.78, 5) is 11.2. The third kappa shape index (κ3) is 2.19. The molecular weight excluding hydrogens is 156 g/mol. The van der Waals surface area contributed by atoms with E-state index in [9.17, 15) is 4.79 Å². The summed E-state index contributed by atoms with van der Waals surface area (Å²) in [5.41, 5.74) is 0. The first-order chi connectivity index (χ1) is 5.75. The number of amides is 1. The molecule has 0 aromatic rings.